The molecule has 0 radical (unpaired) electrons. The van der Waals surface area contributed by atoms with Gasteiger partial charge in [-0.1, -0.05) is 38.2 Å². The van der Waals surface area contributed by atoms with Gasteiger partial charge in [0.25, 0.3) is 0 Å². The van der Waals surface area contributed by atoms with Crippen LogP contribution in [0.4, 0.5) is 0 Å². The van der Waals surface area contributed by atoms with Crippen molar-refractivity contribution in [3.8, 4) is 0 Å². The molecular formula is C17H29NO. The molecule has 0 unspecified atom stereocenters. The van der Waals surface area contributed by atoms with E-state index in [0.717, 1.165) is 12.1 Å². The number of nitrogens with zero attached hydrogens (tertiary/aromatic N) is 1. The van der Waals surface area contributed by atoms with E-state index in [2.05, 4.69) is 50.7 Å². The molecule has 2 nitrogen and oxygen atoms in total. The van der Waals surface area contributed by atoms with Gasteiger partial charge in [0.2, 0.25) is 0 Å². The fourth-order valence-corrected chi connectivity index (χ4v) is 1.89. The van der Waals surface area contributed by atoms with E-state index < -0.39 is 5.60 Å². The minimum absolute atomic E-state index is 0.483. The molecule has 0 amide bonds. The third-order valence-electron chi connectivity index (χ3n) is 3.18. The second-order valence-electron chi connectivity index (χ2n) is 4.73. The third-order valence-corrected chi connectivity index (χ3v) is 3.18. The van der Waals surface area contributed by atoms with Gasteiger partial charge in [-0.2, -0.15) is 0 Å². The van der Waals surface area contributed by atoms with Crippen LogP contribution < -0.4 is 0 Å². The van der Waals surface area contributed by atoms with E-state index in [1.807, 2.05) is 19.1 Å². The Hall–Kier alpha value is -1.28. The second-order valence-corrected chi connectivity index (χ2v) is 4.73. The van der Waals surface area contributed by atoms with Crippen LogP contribution in [0, 0.1) is 0 Å². The number of unbranched alkanes of at least 4 members (excludes halogenated alkanes) is 1. The lowest BCUT2D eigenvalue weighted by molar-refractivity contribution is 0.104. The number of rotatable bonds is 9. The molecule has 0 aliphatic carbocycles. The zero-order chi connectivity index (χ0) is 14.7. The Morgan fingerprint density at radius 1 is 1.37 bits per heavy atom. The molecule has 0 aromatic rings. The summed E-state index contributed by atoms with van der Waals surface area (Å²) in [6.07, 6.45) is 14.5. The topological polar surface area (TPSA) is 12.5 Å². The average molecular weight is 263 g/mol. The van der Waals surface area contributed by atoms with Gasteiger partial charge in [-0.25, -0.2) is 0 Å². The van der Waals surface area contributed by atoms with Crippen molar-refractivity contribution in [2.75, 3.05) is 20.7 Å². The molecule has 0 rings (SSSR count). The molecule has 0 aromatic heterocycles. The molecule has 0 saturated heterocycles. The quantitative estimate of drug-likeness (QED) is 0.453. The van der Waals surface area contributed by atoms with Gasteiger partial charge in [0, 0.05) is 20.7 Å². The van der Waals surface area contributed by atoms with Crippen molar-refractivity contribution in [2.45, 2.75) is 39.2 Å². The lowest BCUT2D eigenvalue weighted by Crippen LogP contribution is -2.29. The highest BCUT2D eigenvalue weighted by Gasteiger charge is 2.25. The van der Waals surface area contributed by atoms with Gasteiger partial charge in [-0.3, -0.25) is 0 Å². The number of ether oxygens (including phenoxy) is 1. The molecule has 0 bridgehead atoms. The summed E-state index contributed by atoms with van der Waals surface area (Å²) in [4.78, 5) is 2.20. The highest BCUT2D eigenvalue weighted by Crippen LogP contribution is 2.25. The van der Waals surface area contributed by atoms with Crippen LogP contribution in [-0.4, -0.2) is 31.2 Å². The molecular weight excluding hydrogens is 234 g/mol. The van der Waals surface area contributed by atoms with Gasteiger partial charge in [-0.15, -0.1) is 0 Å². The smallest absolute Gasteiger partial charge is 0.127 e. The molecule has 0 N–H and O–H groups in total. The van der Waals surface area contributed by atoms with E-state index in [1.165, 1.54) is 12.8 Å². The number of allylic oxidation sites excluding steroid dienone is 3. The summed E-state index contributed by atoms with van der Waals surface area (Å²) >= 11 is 0. The largest absolute Gasteiger partial charge is 0.381 e. The normalized spacial score (nSPS) is 15.9. The average Bonchev–Trinajstić information content (AvgIpc) is 2.41. The van der Waals surface area contributed by atoms with Crippen LogP contribution >= 0.6 is 0 Å². The van der Waals surface area contributed by atoms with Gasteiger partial charge in [0.05, 0.1) is 0 Å². The fourth-order valence-electron chi connectivity index (χ4n) is 1.89. The Morgan fingerprint density at radius 2 is 2.05 bits per heavy atom. The van der Waals surface area contributed by atoms with Crippen LogP contribution in [-0.2, 0) is 4.74 Å². The van der Waals surface area contributed by atoms with Crippen LogP contribution in [0.15, 0.2) is 48.7 Å². The van der Waals surface area contributed by atoms with Crippen molar-refractivity contribution in [1.82, 2.24) is 4.90 Å². The maximum Gasteiger partial charge on any atom is 0.127 e. The van der Waals surface area contributed by atoms with Gasteiger partial charge < -0.3 is 9.64 Å². The molecule has 0 spiro atoms. The zero-order valence-electron chi connectivity index (χ0n) is 13.1. The van der Waals surface area contributed by atoms with Gasteiger partial charge in [-0.05, 0) is 44.2 Å². The van der Waals surface area contributed by atoms with Crippen molar-refractivity contribution in [3.63, 3.8) is 0 Å². The minimum Gasteiger partial charge on any atom is -0.381 e. The fraction of sp³-hybridized carbons (Fsp3) is 0.529. The lowest BCUT2D eigenvalue weighted by atomic mass is 9.93. The second kappa shape index (κ2) is 9.62. The Kier molecular flexibility index (Phi) is 8.98. The first-order valence-electron chi connectivity index (χ1n) is 6.94. The molecule has 1 atom stereocenters. The lowest BCUT2D eigenvalue weighted by Gasteiger charge is -2.28. The van der Waals surface area contributed by atoms with Gasteiger partial charge >= 0.3 is 0 Å². The predicted molar refractivity (Wildman–Crippen MR) is 85.2 cm³/mol. The minimum atomic E-state index is -0.483. The monoisotopic (exact) mass is 263 g/mol. The summed E-state index contributed by atoms with van der Waals surface area (Å²) in [5.74, 6) is 0. The van der Waals surface area contributed by atoms with E-state index >= 15 is 0 Å². The Labute approximate surface area is 119 Å². The summed E-state index contributed by atoms with van der Waals surface area (Å²) in [5, 5.41) is 0. The molecule has 0 fully saturated rings. The SMILES string of the molecule is C=C/C=C(\C)[C@](/C=C/C)(/C=C/N(C)CCCC)OC. The summed E-state index contributed by atoms with van der Waals surface area (Å²) in [5.41, 5.74) is 0.631. The first-order valence-corrected chi connectivity index (χ1v) is 6.94. The molecule has 0 aliphatic heterocycles. The van der Waals surface area contributed by atoms with Gasteiger partial charge in [0.15, 0.2) is 0 Å². The van der Waals surface area contributed by atoms with Gasteiger partial charge in [0.1, 0.15) is 5.60 Å². The van der Waals surface area contributed by atoms with E-state index in [0.29, 0.717) is 0 Å². The van der Waals surface area contributed by atoms with Crippen molar-refractivity contribution < 1.29 is 4.74 Å². The van der Waals surface area contributed by atoms with Crippen LogP contribution in [0.25, 0.3) is 0 Å². The Bertz CT molecular complexity index is 341. The summed E-state index contributed by atoms with van der Waals surface area (Å²) in [7, 11) is 3.83. The highest BCUT2D eigenvalue weighted by atomic mass is 16.5. The van der Waals surface area contributed by atoms with E-state index in [9.17, 15) is 0 Å². The summed E-state index contributed by atoms with van der Waals surface area (Å²) < 4.78 is 5.73. The number of hydrogen-bond acceptors (Lipinski definition) is 2. The summed E-state index contributed by atoms with van der Waals surface area (Å²) in [6.45, 7) is 11.1. The van der Waals surface area contributed by atoms with Crippen LogP contribution in [0.2, 0.25) is 0 Å². The molecule has 0 saturated carbocycles. The number of hydrogen-bond donors (Lipinski definition) is 0. The highest BCUT2D eigenvalue weighted by molar-refractivity contribution is 5.33. The summed E-state index contributed by atoms with van der Waals surface area (Å²) in [6, 6.07) is 0. The Balaban J connectivity index is 5.10. The Morgan fingerprint density at radius 3 is 2.53 bits per heavy atom. The first-order chi connectivity index (χ1) is 9.06. The predicted octanol–water partition coefficient (Wildman–Crippen LogP) is 4.33. The molecule has 2 heteroatoms. The van der Waals surface area contributed by atoms with Crippen LogP contribution in [0.5, 0.6) is 0 Å². The van der Waals surface area contributed by atoms with E-state index in [1.54, 1.807) is 13.2 Å². The van der Waals surface area contributed by atoms with Crippen LogP contribution in [0.1, 0.15) is 33.6 Å². The van der Waals surface area contributed by atoms with Crippen molar-refractivity contribution in [1.29, 1.82) is 0 Å². The van der Waals surface area contributed by atoms with Crippen molar-refractivity contribution in [3.05, 3.63) is 48.7 Å². The maximum absolute atomic E-state index is 5.73. The van der Waals surface area contributed by atoms with E-state index in [4.69, 9.17) is 4.74 Å². The molecule has 0 aliphatic rings. The molecule has 0 aromatic carbocycles. The van der Waals surface area contributed by atoms with Crippen LogP contribution in [0.3, 0.4) is 0 Å². The molecule has 19 heavy (non-hydrogen) atoms. The first kappa shape index (κ1) is 17.7. The van der Waals surface area contributed by atoms with E-state index in [-0.39, 0.29) is 0 Å². The third kappa shape index (κ3) is 5.93. The number of methoxy groups -OCH3 is 1. The van der Waals surface area contributed by atoms with Crippen molar-refractivity contribution >= 4 is 0 Å². The maximum atomic E-state index is 5.73. The zero-order valence-corrected chi connectivity index (χ0v) is 13.1. The standard InChI is InChI=1S/C17H29NO/c1-7-10-14-18(5)15-13-17(19-6,12-9-3)16(4)11-8-2/h8-9,11-13,15H,2,7,10,14H2,1,3-6H3/b12-9+,15-13+,16-11+/t17-/m0/s1. The van der Waals surface area contributed by atoms with Crippen molar-refractivity contribution in [2.24, 2.45) is 0 Å². The molecule has 108 valence electrons. The molecule has 0 heterocycles.